The molecule has 2 N–H and O–H groups in total. The fourth-order valence-electron chi connectivity index (χ4n) is 2.12. The summed E-state index contributed by atoms with van der Waals surface area (Å²) in [5.41, 5.74) is 2.46. The Morgan fingerprint density at radius 2 is 1.45 bits per heavy atom. The summed E-state index contributed by atoms with van der Waals surface area (Å²) in [6.07, 6.45) is 1.76. The average molecular weight is 267 g/mol. The molecule has 0 amide bonds. The minimum absolute atomic E-state index is 0.0371. The van der Waals surface area contributed by atoms with Crippen LogP contribution in [0, 0.1) is 0 Å². The molecule has 0 saturated heterocycles. The van der Waals surface area contributed by atoms with Gasteiger partial charge in [-0.2, -0.15) is 0 Å². The van der Waals surface area contributed by atoms with Crippen molar-refractivity contribution in [3.63, 3.8) is 0 Å². The lowest BCUT2D eigenvalue weighted by atomic mass is 10.1. The number of hydrogen-bond acceptors (Lipinski definition) is 2. The summed E-state index contributed by atoms with van der Waals surface area (Å²) in [5.74, 6) is 0. The molecular weight excluding hydrogens is 246 g/mol. The molecule has 2 unspecified atom stereocenters. The molecule has 104 valence electrons. The summed E-state index contributed by atoms with van der Waals surface area (Å²) in [6.45, 7) is 2.16. The van der Waals surface area contributed by atoms with Crippen LogP contribution in [0.25, 0.3) is 0 Å². The first-order valence-corrected chi connectivity index (χ1v) is 6.84. The Morgan fingerprint density at radius 3 is 2.00 bits per heavy atom. The van der Waals surface area contributed by atoms with Crippen molar-refractivity contribution in [3.8, 4) is 0 Å². The first kappa shape index (κ1) is 14.3. The molecule has 0 aliphatic carbocycles. The van der Waals surface area contributed by atoms with E-state index in [0.29, 0.717) is 0 Å². The van der Waals surface area contributed by atoms with Gasteiger partial charge in [-0.1, -0.05) is 60.7 Å². The minimum Gasteiger partial charge on any atom is -0.357 e. The van der Waals surface area contributed by atoms with Gasteiger partial charge >= 0.3 is 0 Å². The smallest absolute Gasteiger partial charge is 0.104 e. The SMILES string of the molecule is CN=CNC(NC(C)c1ccccc1)c1ccccc1. The molecule has 20 heavy (non-hydrogen) atoms. The number of nitrogens with one attached hydrogen (secondary N) is 2. The molecule has 0 spiro atoms. The van der Waals surface area contributed by atoms with E-state index in [1.54, 1.807) is 13.4 Å². The highest BCUT2D eigenvalue weighted by molar-refractivity contribution is 5.55. The zero-order valence-electron chi connectivity index (χ0n) is 12.0. The number of benzene rings is 2. The molecule has 0 aliphatic heterocycles. The Hall–Kier alpha value is -2.13. The first-order valence-electron chi connectivity index (χ1n) is 6.84. The third-order valence-corrected chi connectivity index (χ3v) is 3.22. The number of hydrogen-bond donors (Lipinski definition) is 2. The van der Waals surface area contributed by atoms with E-state index >= 15 is 0 Å². The molecule has 2 aromatic carbocycles. The second kappa shape index (κ2) is 7.46. The standard InChI is InChI=1S/C17H21N3/c1-14(15-9-5-3-6-10-15)20-17(19-13-18-2)16-11-7-4-8-12-16/h3-14,17,20H,1-2H3,(H,18,19). The molecule has 0 radical (unpaired) electrons. The number of rotatable bonds is 6. The molecule has 2 rings (SSSR count). The van der Waals surface area contributed by atoms with Crippen LogP contribution in [0.3, 0.4) is 0 Å². The van der Waals surface area contributed by atoms with Gasteiger partial charge in [0, 0.05) is 13.1 Å². The zero-order valence-corrected chi connectivity index (χ0v) is 12.0. The Balaban J connectivity index is 2.12. The molecule has 0 aliphatic rings. The average Bonchev–Trinajstić information content (AvgIpc) is 2.53. The van der Waals surface area contributed by atoms with Crippen LogP contribution in [-0.2, 0) is 0 Å². The number of nitrogens with zero attached hydrogens (tertiary/aromatic N) is 1. The fraction of sp³-hybridized carbons (Fsp3) is 0.235. The van der Waals surface area contributed by atoms with Gasteiger partial charge in [0.15, 0.2) is 0 Å². The maximum atomic E-state index is 4.00. The molecular formula is C17H21N3. The van der Waals surface area contributed by atoms with Gasteiger partial charge in [-0.05, 0) is 18.1 Å². The van der Waals surface area contributed by atoms with Crippen LogP contribution in [0.2, 0.25) is 0 Å². The lowest BCUT2D eigenvalue weighted by Gasteiger charge is -2.24. The van der Waals surface area contributed by atoms with E-state index in [4.69, 9.17) is 0 Å². The van der Waals surface area contributed by atoms with Crippen molar-refractivity contribution < 1.29 is 0 Å². The zero-order chi connectivity index (χ0) is 14.2. The predicted molar refractivity (Wildman–Crippen MR) is 84.7 cm³/mol. The molecule has 3 nitrogen and oxygen atoms in total. The van der Waals surface area contributed by atoms with E-state index in [9.17, 15) is 0 Å². The summed E-state index contributed by atoms with van der Waals surface area (Å²) >= 11 is 0. The third-order valence-electron chi connectivity index (χ3n) is 3.22. The van der Waals surface area contributed by atoms with E-state index < -0.39 is 0 Å². The monoisotopic (exact) mass is 267 g/mol. The highest BCUT2D eigenvalue weighted by atomic mass is 15.1. The lowest BCUT2D eigenvalue weighted by Crippen LogP contribution is -2.35. The maximum Gasteiger partial charge on any atom is 0.104 e. The van der Waals surface area contributed by atoms with Gasteiger partial charge in [-0.3, -0.25) is 10.3 Å². The second-order valence-electron chi connectivity index (χ2n) is 4.70. The van der Waals surface area contributed by atoms with Crippen LogP contribution in [0.1, 0.15) is 30.3 Å². The maximum absolute atomic E-state index is 4.00. The van der Waals surface area contributed by atoms with Crippen LogP contribution in [0.5, 0.6) is 0 Å². The van der Waals surface area contributed by atoms with Crippen molar-refractivity contribution >= 4 is 6.34 Å². The topological polar surface area (TPSA) is 36.4 Å². The highest BCUT2D eigenvalue weighted by Crippen LogP contribution is 2.17. The van der Waals surface area contributed by atoms with E-state index in [1.807, 2.05) is 24.3 Å². The lowest BCUT2D eigenvalue weighted by molar-refractivity contribution is 0.448. The van der Waals surface area contributed by atoms with Gasteiger partial charge in [0.2, 0.25) is 0 Å². The second-order valence-corrected chi connectivity index (χ2v) is 4.70. The molecule has 3 heteroatoms. The van der Waals surface area contributed by atoms with E-state index in [0.717, 1.165) is 0 Å². The van der Waals surface area contributed by atoms with Crippen LogP contribution in [-0.4, -0.2) is 13.4 Å². The van der Waals surface area contributed by atoms with Gasteiger partial charge in [0.1, 0.15) is 6.17 Å². The van der Waals surface area contributed by atoms with Crippen LogP contribution in [0.15, 0.2) is 65.7 Å². The van der Waals surface area contributed by atoms with Gasteiger partial charge < -0.3 is 5.32 Å². The van der Waals surface area contributed by atoms with E-state index in [-0.39, 0.29) is 12.2 Å². The molecule has 0 heterocycles. The molecule has 2 atom stereocenters. The number of aliphatic imine (C=N–C) groups is 1. The van der Waals surface area contributed by atoms with Gasteiger partial charge in [-0.15, -0.1) is 0 Å². The van der Waals surface area contributed by atoms with Crippen molar-refractivity contribution in [3.05, 3.63) is 71.8 Å². The van der Waals surface area contributed by atoms with Gasteiger partial charge in [0.25, 0.3) is 0 Å². The minimum atomic E-state index is 0.0371. The van der Waals surface area contributed by atoms with Crippen molar-refractivity contribution in [1.82, 2.24) is 10.6 Å². The summed E-state index contributed by atoms with van der Waals surface area (Å²) < 4.78 is 0. The Morgan fingerprint density at radius 1 is 0.900 bits per heavy atom. The van der Waals surface area contributed by atoms with Crippen molar-refractivity contribution in [1.29, 1.82) is 0 Å². The van der Waals surface area contributed by atoms with Crippen LogP contribution in [0.4, 0.5) is 0 Å². The van der Waals surface area contributed by atoms with Gasteiger partial charge in [-0.25, -0.2) is 0 Å². The summed E-state index contributed by atoms with van der Waals surface area (Å²) in [7, 11) is 1.76. The highest BCUT2D eigenvalue weighted by Gasteiger charge is 2.13. The summed E-state index contributed by atoms with van der Waals surface area (Å²) in [4.78, 5) is 4.00. The van der Waals surface area contributed by atoms with Crippen molar-refractivity contribution in [2.45, 2.75) is 19.1 Å². The Bertz CT molecular complexity index is 522. The van der Waals surface area contributed by atoms with Crippen molar-refractivity contribution in [2.24, 2.45) is 4.99 Å². The Labute approximate surface area is 120 Å². The largest absolute Gasteiger partial charge is 0.357 e. The Kier molecular flexibility index (Phi) is 5.33. The molecule has 2 aromatic rings. The fourth-order valence-corrected chi connectivity index (χ4v) is 2.12. The molecule has 0 bridgehead atoms. The molecule has 0 aromatic heterocycles. The summed E-state index contributed by atoms with van der Waals surface area (Å²) in [6, 6.07) is 21.0. The van der Waals surface area contributed by atoms with Crippen LogP contribution >= 0.6 is 0 Å². The quantitative estimate of drug-likeness (QED) is 0.479. The van der Waals surface area contributed by atoms with Gasteiger partial charge in [0.05, 0.1) is 6.34 Å². The van der Waals surface area contributed by atoms with E-state index in [2.05, 4.69) is 58.9 Å². The van der Waals surface area contributed by atoms with Crippen LogP contribution < -0.4 is 10.6 Å². The first-order chi connectivity index (χ1) is 9.81. The normalized spacial score (nSPS) is 14.1. The van der Waals surface area contributed by atoms with E-state index in [1.165, 1.54) is 11.1 Å². The summed E-state index contributed by atoms with van der Waals surface area (Å²) in [5, 5.41) is 6.87. The third kappa shape index (κ3) is 3.93. The van der Waals surface area contributed by atoms with Crippen molar-refractivity contribution in [2.75, 3.05) is 7.05 Å². The predicted octanol–water partition coefficient (Wildman–Crippen LogP) is 3.28. The molecule has 0 fully saturated rings. The molecule has 0 saturated carbocycles.